The number of aliphatic hydroxyl groups is 1. The Balaban J connectivity index is 2.22. The van der Waals surface area contributed by atoms with Crippen molar-refractivity contribution in [1.29, 1.82) is 0 Å². The van der Waals surface area contributed by atoms with E-state index in [1.807, 2.05) is 34.7 Å². The van der Waals surface area contributed by atoms with Gasteiger partial charge in [0.05, 0.1) is 0 Å². The van der Waals surface area contributed by atoms with Crippen LogP contribution in [0.1, 0.15) is 35.0 Å². The van der Waals surface area contributed by atoms with Crippen molar-refractivity contribution in [3.05, 3.63) is 71.2 Å². The molecule has 0 spiro atoms. The molecule has 0 saturated heterocycles. The molecule has 164 valence electrons. The minimum Gasteiger partial charge on any atom is -0.396 e. The van der Waals surface area contributed by atoms with E-state index < -0.39 is 0 Å². The summed E-state index contributed by atoms with van der Waals surface area (Å²) in [7, 11) is 3.46. The average Bonchev–Trinajstić information content (AvgIpc) is 3.17. The van der Waals surface area contributed by atoms with E-state index in [1.165, 1.54) is 12.1 Å². The van der Waals surface area contributed by atoms with E-state index in [0.717, 1.165) is 23.1 Å². The topological polar surface area (TPSA) is 70.4 Å². The van der Waals surface area contributed by atoms with Crippen LogP contribution < -0.4 is 10.2 Å². The van der Waals surface area contributed by atoms with Gasteiger partial charge in [-0.1, -0.05) is 43.3 Å². The number of aliphatic hydroxyl groups excluding tert-OH is 1. The van der Waals surface area contributed by atoms with Gasteiger partial charge in [0.15, 0.2) is 11.5 Å². The molecule has 0 fully saturated rings. The van der Waals surface area contributed by atoms with Gasteiger partial charge in [0, 0.05) is 39.4 Å². The molecule has 0 bridgehead atoms. The fourth-order valence-corrected chi connectivity index (χ4v) is 3.64. The Hall–Kier alpha value is -3.19. The van der Waals surface area contributed by atoms with Crippen LogP contribution in [0.2, 0.25) is 0 Å². The van der Waals surface area contributed by atoms with Crippen LogP contribution in [0.15, 0.2) is 48.5 Å². The molecule has 0 aliphatic heterocycles. The maximum Gasteiger partial charge on any atom is 0.271 e. The Morgan fingerprint density at radius 1 is 1.19 bits per heavy atom. The number of carbonyl (C=O) groups excluding carboxylic acids is 1. The van der Waals surface area contributed by atoms with Crippen LogP contribution in [0.25, 0.3) is 11.4 Å². The fraction of sp³-hybridized carbons (Fsp3) is 0.333. The minimum absolute atomic E-state index is 0.0570. The van der Waals surface area contributed by atoms with Gasteiger partial charge in [-0.05, 0) is 36.1 Å². The largest absolute Gasteiger partial charge is 0.396 e. The van der Waals surface area contributed by atoms with Crippen molar-refractivity contribution in [3.8, 4) is 11.4 Å². The second-order valence-electron chi connectivity index (χ2n) is 7.41. The lowest BCUT2D eigenvalue weighted by atomic mass is 10.0. The zero-order valence-electron chi connectivity index (χ0n) is 18.2. The quantitative estimate of drug-likeness (QED) is 0.552. The van der Waals surface area contributed by atoms with Crippen LogP contribution in [-0.4, -0.2) is 47.8 Å². The van der Waals surface area contributed by atoms with Crippen LogP contribution in [-0.2, 0) is 13.0 Å². The van der Waals surface area contributed by atoms with Crippen LogP contribution >= 0.6 is 0 Å². The number of nitrogens with zero attached hydrogens (tertiary/aromatic N) is 3. The van der Waals surface area contributed by atoms with Crippen molar-refractivity contribution in [2.24, 2.45) is 0 Å². The third-order valence-corrected chi connectivity index (χ3v) is 5.30. The standard InChI is InChI=1S/C24H29FN4O2/c1-4-18-8-5-6-9-20(18)22-27-23(28(3)14-7-15-30)21(24(31)26-2)29(22)16-17-10-12-19(25)13-11-17/h5-6,8-13,30H,4,7,14-16H2,1-3H3,(H,26,31). The summed E-state index contributed by atoms with van der Waals surface area (Å²) < 4.78 is 15.3. The summed E-state index contributed by atoms with van der Waals surface area (Å²) in [5.41, 5.74) is 3.39. The molecule has 3 aromatic rings. The molecule has 6 nitrogen and oxygen atoms in total. The van der Waals surface area contributed by atoms with E-state index in [1.54, 1.807) is 19.2 Å². The number of anilines is 1. The summed E-state index contributed by atoms with van der Waals surface area (Å²) in [5, 5.41) is 12.0. The number of aromatic nitrogens is 2. The van der Waals surface area contributed by atoms with Gasteiger partial charge in [0.2, 0.25) is 0 Å². The third kappa shape index (κ3) is 4.94. The molecule has 0 unspecified atom stereocenters. The third-order valence-electron chi connectivity index (χ3n) is 5.30. The molecule has 0 aliphatic rings. The maximum atomic E-state index is 13.4. The zero-order chi connectivity index (χ0) is 22.4. The molecule has 31 heavy (non-hydrogen) atoms. The van der Waals surface area contributed by atoms with E-state index >= 15 is 0 Å². The Morgan fingerprint density at radius 2 is 1.90 bits per heavy atom. The van der Waals surface area contributed by atoms with Crippen molar-refractivity contribution in [1.82, 2.24) is 14.9 Å². The molecule has 1 heterocycles. The number of nitrogens with one attached hydrogen (secondary N) is 1. The predicted molar refractivity (Wildman–Crippen MR) is 121 cm³/mol. The zero-order valence-corrected chi connectivity index (χ0v) is 18.2. The molecular weight excluding hydrogens is 395 g/mol. The number of hydrogen-bond donors (Lipinski definition) is 2. The summed E-state index contributed by atoms with van der Waals surface area (Å²) in [5.74, 6) is 0.685. The molecule has 0 radical (unpaired) electrons. The molecule has 0 saturated carbocycles. The van der Waals surface area contributed by atoms with Gasteiger partial charge in [-0.3, -0.25) is 4.79 Å². The summed E-state index contributed by atoms with van der Waals surface area (Å²) >= 11 is 0. The monoisotopic (exact) mass is 424 g/mol. The highest BCUT2D eigenvalue weighted by atomic mass is 19.1. The number of imidazole rings is 1. The Bertz CT molecular complexity index is 1030. The van der Waals surface area contributed by atoms with E-state index in [4.69, 9.17) is 4.98 Å². The molecule has 3 rings (SSSR count). The van der Waals surface area contributed by atoms with Gasteiger partial charge in [0.1, 0.15) is 11.6 Å². The highest BCUT2D eigenvalue weighted by Gasteiger charge is 2.26. The van der Waals surface area contributed by atoms with Gasteiger partial charge in [0.25, 0.3) is 5.91 Å². The van der Waals surface area contributed by atoms with Gasteiger partial charge in [-0.25, -0.2) is 9.37 Å². The highest BCUT2D eigenvalue weighted by molar-refractivity contribution is 5.98. The Labute approximate surface area is 182 Å². The maximum absolute atomic E-state index is 13.4. The lowest BCUT2D eigenvalue weighted by Gasteiger charge is -2.18. The summed E-state index contributed by atoms with van der Waals surface area (Å²) in [6.07, 6.45) is 1.39. The highest BCUT2D eigenvalue weighted by Crippen LogP contribution is 2.31. The first-order valence-electron chi connectivity index (χ1n) is 10.5. The number of aryl methyl sites for hydroxylation is 1. The first-order chi connectivity index (χ1) is 15.0. The Morgan fingerprint density at radius 3 is 2.55 bits per heavy atom. The summed E-state index contributed by atoms with van der Waals surface area (Å²) in [4.78, 5) is 19.8. The lowest BCUT2D eigenvalue weighted by molar-refractivity contribution is 0.0955. The van der Waals surface area contributed by atoms with Gasteiger partial charge in [-0.15, -0.1) is 0 Å². The second kappa shape index (κ2) is 10.2. The molecule has 1 aromatic heterocycles. The number of halogens is 1. The summed E-state index contributed by atoms with van der Waals surface area (Å²) in [6.45, 7) is 3.07. The molecular formula is C24H29FN4O2. The van der Waals surface area contributed by atoms with Crippen LogP contribution in [0.5, 0.6) is 0 Å². The lowest BCUT2D eigenvalue weighted by Crippen LogP contribution is -2.27. The van der Waals surface area contributed by atoms with E-state index in [9.17, 15) is 14.3 Å². The number of benzene rings is 2. The minimum atomic E-state index is -0.304. The molecule has 0 aliphatic carbocycles. The first kappa shape index (κ1) is 22.5. The van der Waals surface area contributed by atoms with Crippen molar-refractivity contribution in [3.63, 3.8) is 0 Å². The fourth-order valence-electron chi connectivity index (χ4n) is 3.64. The average molecular weight is 425 g/mol. The van der Waals surface area contributed by atoms with Crippen molar-refractivity contribution < 1.29 is 14.3 Å². The molecule has 7 heteroatoms. The number of hydrogen-bond acceptors (Lipinski definition) is 4. The van der Waals surface area contributed by atoms with E-state index in [0.29, 0.717) is 36.8 Å². The molecule has 2 aromatic carbocycles. The number of rotatable bonds is 9. The number of amides is 1. The van der Waals surface area contributed by atoms with E-state index in [-0.39, 0.29) is 18.3 Å². The molecule has 0 atom stereocenters. The van der Waals surface area contributed by atoms with Crippen LogP contribution in [0.3, 0.4) is 0 Å². The van der Waals surface area contributed by atoms with Gasteiger partial charge in [-0.2, -0.15) is 0 Å². The normalized spacial score (nSPS) is 10.9. The first-order valence-corrected chi connectivity index (χ1v) is 10.5. The van der Waals surface area contributed by atoms with Gasteiger partial charge >= 0.3 is 0 Å². The van der Waals surface area contributed by atoms with Crippen LogP contribution in [0.4, 0.5) is 10.2 Å². The van der Waals surface area contributed by atoms with E-state index in [2.05, 4.69) is 18.3 Å². The summed E-state index contributed by atoms with van der Waals surface area (Å²) in [6, 6.07) is 14.3. The number of carbonyl (C=O) groups is 1. The second-order valence-corrected chi connectivity index (χ2v) is 7.41. The van der Waals surface area contributed by atoms with Crippen LogP contribution in [0, 0.1) is 5.82 Å². The van der Waals surface area contributed by atoms with Crippen molar-refractivity contribution in [2.45, 2.75) is 26.3 Å². The Kier molecular flexibility index (Phi) is 7.41. The van der Waals surface area contributed by atoms with Crippen molar-refractivity contribution in [2.75, 3.05) is 32.1 Å². The van der Waals surface area contributed by atoms with Gasteiger partial charge < -0.3 is 19.9 Å². The smallest absolute Gasteiger partial charge is 0.271 e. The molecule has 1 amide bonds. The predicted octanol–water partition coefficient (Wildman–Crippen LogP) is 3.48. The molecule has 2 N–H and O–H groups in total. The SMILES string of the molecule is CCc1ccccc1-c1nc(N(C)CCCO)c(C(=O)NC)n1Cc1ccc(F)cc1. The van der Waals surface area contributed by atoms with Crippen molar-refractivity contribution >= 4 is 11.7 Å².